The number of nitrogens with two attached hydrogens (primary N) is 1. The van der Waals surface area contributed by atoms with Gasteiger partial charge in [-0.2, -0.15) is 0 Å². The largest absolute Gasteiger partial charge is 0.356 e. The van der Waals surface area contributed by atoms with Gasteiger partial charge in [-0.05, 0) is 12.1 Å². The number of nitrogens with zero attached hydrogens (tertiary/aromatic N) is 2. The quantitative estimate of drug-likeness (QED) is 0.825. The van der Waals surface area contributed by atoms with E-state index < -0.39 is 15.1 Å². The first-order valence-electron chi connectivity index (χ1n) is 7.54. The predicted molar refractivity (Wildman–Crippen MR) is 83.3 cm³/mol. The van der Waals surface area contributed by atoms with Crippen LogP contribution in [0.2, 0.25) is 0 Å². The Kier molecular flexibility index (Phi) is 3.21. The molecule has 0 unspecified atom stereocenters. The standard InChI is InChI=1S/C15H17N3O4S/c16-11-8-23(20,21)14-7-18(6-10(11)14)15(19)5-12-9-3-1-2-4-13(9)22-17-12/h1-4,10-11,14H,5-8,16H2/t10-,11+,14-/m0/s1. The monoisotopic (exact) mass is 335 g/mol. The molecule has 3 atom stereocenters. The van der Waals surface area contributed by atoms with E-state index in [1.807, 2.05) is 18.2 Å². The second-order valence-corrected chi connectivity index (χ2v) is 8.56. The summed E-state index contributed by atoms with van der Waals surface area (Å²) in [6.45, 7) is 0.634. The van der Waals surface area contributed by atoms with E-state index in [1.54, 1.807) is 11.0 Å². The highest BCUT2D eigenvalue weighted by Crippen LogP contribution is 2.33. The van der Waals surface area contributed by atoms with Crippen molar-refractivity contribution < 1.29 is 17.7 Å². The van der Waals surface area contributed by atoms with E-state index in [0.29, 0.717) is 17.8 Å². The number of fused-ring (bicyclic) bond motifs is 2. The third kappa shape index (κ3) is 2.33. The summed E-state index contributed by atoms with van der Waals surface area (Å²) in [6, 6.07) is 6.97. The molecular formula is C15H17N3O4S. The molecule has 0 saturated carbocycles. The highest BCUT2D eigenvalue weighted by molar-refractivity contribution is 7.92. The first kappa shape index (κ1) is 14.6. The van der Waals surface area contributed by atoms with Gasteiger partial charge in [0.2, 0.25) is 5.91 Å². The molecule has 4 rings (SSSR count). The lowest BCUT2D eigenvalue weighted by molar-refractivity contribution is -0.129. The summed E-state index contributed by atoms with van der Waals surface area (Å²) in [7, 11) is -3.19. The lowest BCUT2D eigenvalue weighted by Crippen LogP contribution is -2.36. The lowest BCUT2D eigenvalue weighted by atomic mass is 10.0. The molecule has 0 bridgehead atoms. The number of hydrogen-bond acceptors (Lipinski definition) is 6. The van der Waals surface area contributed by atoms with Crippen LogP contribution in [0.25, 0.3) is 11.0 Å². The molecule has 8 heteroatoms. The minimum atomic E-state index is -3.19. The fourth-order valence-corrected chi connectivity index (χ4v) is 5.89. The van der Waals surface area contributed by atoms with Crippen molar-refractivity contribution in [3.8, 4) is 0 Å². The molecule has 122 valence electrons. The Hall–Kier alpha value is -1.93. The predicted octanol–water partition coefficient (Wildman–Crippen LogP) is -0.0470. The van der Waals surface area contributed by atoms with Crippen LogP contribution in [0.4, 0.5) is 0 Å². The van der Waals surface area contributed by atoms with Crippen LogP contribution in [-0.2, 0) is 21.1 Å². The van der Waals surface area contributed by atoms with Crippen molar-refractivity contribution in [2.45, 2.75) is 17.7 Å². The summed E-state index contributed by atoms with van der Waals surface area (Å²) < 4.78 is 29.3. The number of sulfone groups is 1. The van der Waals surface area contributed by atoms with E-state index in [-0.39, 0.29) is 36.6 Å². The Morgan fingerprint density at radius 3 is 2.91 bits per heavy atom. The number of para-hydroxylation sites is 1. The van der Waals surface area contributed by atoms with Gasteiger partial charge in [0.05, 0.1) is 17.4 Å². The van der Waals surface area contributed by atoms with E-state index in [2.05, 4.69) is 5.16 Å². The number of carbonyl (C=O) groups excluding carboxylic acids is 1. The van der Waals surface area contributed by atoms with Gasteiger partial charge < -0.3 is 15.2 Å². The molecule has 0 radical (unpaired) electrons. The maximum absolute atomic E-state index is 12.5. The van der Waals surface area contributed by atoms with E-state index in [9.17, 15) is 13.2 Å². The Labute approximate surface area is 133 Å². The third-order valence-corrected chi connectivity index (χ3v) is 7.14. The van der Waals surface area contributed by atoms with Crippen LogP contribution in [0.5, 0.6) is 0 Å². The summed E-state index contributed by atoms with van der Waals surface area (Å²) in [5.74, 6) is -0.267. The van der Waals surface area contributed by atoms with Gasteiger partial charge in [-0.3, -0.25) is 4.79 Å². The molecule has 0 spiro atoms. The highest BCUT2D eigenvalue weighted by atomic mass is 32.2. The summed E-state index contributed by atoms with van der Waals surface area (Å²) in [4.78, 5) is 14.1. The molecule has 2 saturated heterocycles. The van der Waals surface area contributed by atoms with Gasteiger partial charge in [-0.25, -0.2) is 8.42 Å². The number of benzene rings is 1. The van der Waals surface area contributed by atoms with Crippen LogP contribution in [-0.4, -0.2) is 54.5 Å². The molecule has 1 aromatic heterocycles. The average molecular weight is 335 g/mol. The van der Waals surface area contributed by atoms with Crippen molar-refractivity contribution in [2.75, 3.05) is 18.8 Å². The van der Waals surface area contributed by atoms with Gasteiger partial charge in [-0.15, -0.1) is 0 Å². The molecule has 2 aliphatic rings. The van der Waals surface area contributed by atoms with E-state index >= 15 is 0 Å². The zero-order valence-corrected chi connectivity index (χ0v) is 13.2. The average Bonchev–Trinajstić information content (AvgIpc) is 3.16. The third-order valence-electron chi connectivity index (χ3n) is 4.87. The molecule has 0 aliphatic carbocycles. The van der Waals surface area contributed by atoms with Crippen LogP contribution in [0.3, 0.4) is 0 Å². The maximum Gasteiger partial charge on any atom is 0.228 e. The molecular weight excluding hydrogens is 318 g/mol. The SMILES string of the molecule is N[C@@H]1CS(=O)(=O)[C@H]2CN(C(=O)Cc3noc4ccccc34)C[C@@H]12. The Morgan fingerprint density at radius 1 is 1.35 bits per heavy atom. The molecule has 1 amide bonds. The van der Waals surface area contributed by atoms with E-state index in [4.69, 9.17) is 10.3 Å². The van der Waals surface area contributed by atoms with Gasteiger partial charge in [-0.1, -0.05) is 17.3 Å². The molecule has 2 fully saturated rings. The molecule has 2 aromatic rings. The summed E-state index contributed by atoms with van der Waals surface area (Å²) in [5.41, 5.74) is 7.14. The Morgan fingerprint density at radius 2 is 2.13 bits per heavy atom. The van der Waals surface area contributed by atoms with Crippen molar-refractivity contribution in [3.05, 3.63) is 30.0 Å². The van der Waals surface area contributed by atoms with Crippen LogP contribution in [0, 0.1) is 5.92 Å². The van der Waals surface area contributed by atoms with Crippen LogP contribution in [0.15, 0.2) is 28.8 Å². The number of rotatable bonds is 2. The molecule has 23 heavy (non-hydrogen) atoms. The van der Waals surface area contributed by atoms with Gasteiger partial charge in [0.15, 0.2) is 15.4 Å². The van der Waals surface area contributed by atoms with Gasteiger partial charge in [0, 0.05) is 30.4 Å². The number of aromatic nitrogens is 1. The summed E-state index contributed by atoms with van der Waals surface area (Å²) >= 11 is 0. The second-order valence-electron chi connectivity index (χ2n) is 6.30. The van der Waals surface area contributed by atoms with Crippen LogP contribution < -0.4 is 5.73 Å². The van der Waals surface area contributed by atoms with Gasteiger partial charge >= 0.3 is 0 Å². The zero-order chi connectivity index (χ0) is 16.2. The molecule has 3 heterocycles. The van der Waals surface area contributed by atoms with E-state index in [1.165, 1.54) is 0 Å². The summed E-state index contributed by atoms with van der Waals surface area (Å²) in [6.07, 6.45) is 0.103. The van der Waals surface area contributed by atoms with Crippen molar-refractivity contribution in [1.29, 1.82) is 0 Å². The molecule has 2 N–H and O–H groups in total. The smallest absolute Gasteiger partial charge is 0.228 e. The number of amides is 1. The highest BCUT2D eigenvalue weighted by Gasteiger charge is 2.51. The van der Waals surface area contributed by atoms with Crippen molar-refractivity contribution in [1.82, 2.24) is 10.1 Å². The Bertz CT molecular complexity index is 876. The number of hydrogen-bond donors (Lipinski definition) is 1. The first-order valence-corrected chi connectivity index (χ1v) is 9.25. The number of likely N-dealkylation sites (tertiary alicyclic amines) is 1. The fraction of sp³-hybridized carbons (Fsp3) is 0.467. The van der Waals surface area contributed by atoms with Crippen LogP contribution >= 0.6 is 0 Å². The van der Waals surface area contributed by atoms with Crippen LogP contribution in [0.1, 0.15) is 5.69 Å². The summed E-state index contributed by atoms with van der Waals surface area (Å²) in [5, 5.41) is 4.25. The lowest BCUT2D eigenvalue weighted by Gasteiger charge is -2.17. The molecule has 7 nitrogen and oxygen atoms in total. The maximum atomic E-state index is 12.5. The fourth-order valence-electron chi connectivity index (χ4n) is 3.63. The molecule has 1 aromatic carbocycles. The second kappa shape index (κ2) is 5.04. The Balaban J connectivity index is 1.53. The van der Waals surface area contributed by atoms with E-state index in [0.717, 1.165) is 5.39 Å². The van der Waals surface area contributed by atoms with Crippen molar-refractivity contribution in [2.24, 2.45) is 11.7 Å². The molecule has 2 aliphatic heterocycles. The first-order chi connectivity index (χ1) is 11.0. The van der Waals surface area contributed by atoms with Gasteiger partial charge in [0.1, 0.15) is 5.69 Å². The van der Waals surface area contributed by atoms with Crippen molar-refractivity contribution >= 4 is 26.7 Å². The minimum absolute atomic E-state index is 0.0261. The van der Waals surface area contributed by atoms with Crippen molar-refractivity contribution in [3.63, 3.8) is 0 Å². The number of carbonyl (C=O) groups is 1. The minimum Gasteiger partial charge on any atom is -0.356 e. The normalized spacial score (nSPS) is 29.1. The van der Waals surface area contributed by atoms with Gasteiger partial charge in [0.25, 0.3) is 0 Å². The topological polar surface area (TPSA) is 106 Å². The zero-order valence-electron chi connectivity index (χ0n) is 12.4.